The zero-order valence-corrected chi connectivity index (χ0v) is 14.5. The van der Waals surface area contributed by atoms with Crippen LogP contribution in [-0.2, 0) is 16.6 Å². The summed E-state index contributed by atoms with van der Waals surface area (Å²) in [5.41, 5.74) is 0. The van der Waals surface area contributed by atoms with Crippen LogP contribution in [-0.4, -0.2) is 21.0 Å². The summed E-state index contributed by atoms with van der Waals surface area (Å²) in [6, 6.07) is 4.27. The van der Waals surface area contributed by atoms with E-state index in [1.165, 1.54) is 24.2 Å². The lowest BCUT2D eigenvalue weighted by atomic mass is 10.1. The summed E-state index contributed by atoms with van der Waals surface area (Å²) < 4.78 is 27.5. The minimum absolute atomic E-state index is 0.430. The van der Waals surface area contributed by atoms with Gasteiger partial charge in [0.15, 0.2) is 0 Å². The van der Waals surface area contributed by atoms with E-state index in [0.29, 0.717) is 22.7 Å². The largest absolute Gasteiger partial charge is 0.309 e. The summed E-state index contributed by atoms with van der Waals surface area (Å²) in [5, 5.41) is 3.40. The number of hydrogen-bond donors (Lipinski definition) is 2. The summed E-state index contributed by atoms with van der Waals surface area (Å²) in [4.78, 5) is 1.09. The van der Waals surface area contributed by atoms with Gasteiger partial charge in [0.1, 0.15) is 4.21 Å². The second kappa shape index (κ2) is 7.72. The molecule has 1 saturated carbocycles. The van der Waals surface area contributed by atoms with E-state index in [-0.39, 0.29) is 0 Å². The summed E-state index contributed by atoms with van der Waals surface area (Å²) in [5.74, 6) is 0.681. The van der Waals surface area contributed by atoms with Crippen molar-refractivity contribution in [3.63, 3.8) is 0 Å². The number of sulfonamides is 1. The first-order valence-corrected chi connectivity index (χ1v) is 10.1. The van der Waals surface area contributed by atoms with Crippen LogP contribution in [0.2, 0.25) is 0 Å². The monoisotopic (exact) mass is 330 g/mol. The quantitative estimate of drug-likeness (QED) is 0.648. The molecule has 1 aromatic rings. The minimum Gasteiger partial charge on any atom is -0.309 e. The van der Waals surface area contributed by atoms with Crippen LogP contribution in [0, 0.1) is 5.92 Å². The van der Waals surface area contributed by atoms with Crippen LogP contribution in [0.15, 0.2) is 16.3 Å². The number of nitrogens with one attached hydrogen (secondary N) is 2. The van der Waals surface area contributed by atoms with E-state index >= 15 is 0 Å². The van der Waals surface area contributed by atoms with Crippen molar-refractivity contribution in [3.8, 4) is 0 Å². The van der Waals surface area contributed by atoms with Crippen molar-refractivity contribution in [2.75, 3.05) is 6.54 Å². The van der Waals surface area contributed by atoms with E-state index in [9.17, 15) is 8.42 Å². The predicted octanol–water partition coefficient (Wildman–Crippen LogP) is 3.10. The Morgan fingerprint density at radius 2 is 2.05 bits per heavy atom. The Morgan fingerprint density at radius 3 is 2.71 bits per heavy atom. The molecular formula is C15H26N2O2S2. The number of hydrogen-bond acceptors (Lipinski definition) is 4. The predicted molar refractivity (Wildman–Crippen MR) is 88.1 cm³/mol. The van der Waals surface area contributed by atoms with Crippen LogP contribution in [0.3, 0.4) is 0 Å². The zero-order valence-electron chi connectivity index (χ0n) is 12.9. The highest BCUT2D eigenvalue weighted by Gasteiger charge is 2.21. The van der Waals surface area contributed by atoms with Crippen LogP contribution >= 0.6 is 11.3 Å². The molecule has 1 aliphatic rings. The fourth-order valence-electron chi connectivity index (χ4n) is 2.09. The summed E-state index contributed by atoms with van der Waals surface area (Å²) in [7, 11) is -3.32. The van der Waals surface area contributed by atoms with Crippen molar-refractivity contribution in [1.29, 1.82) is 0 Å². The highest BCUT2D eigenvalue weighted by atomic mass is 32.2. The summed E-state index contributed by atoms with van der Waals surface area (Å²) in [6.45, 7) is 5.68. The Balaban J connectivity index is 1.75. The topological polar surface area (TPSA) is 58.2 Å². The number of rotatable bonds is 10. The third-order valence-corrected chi connectivity index (χ3v) is 6.58. The van der Waals surface area contributed by atoms with Gasteiger partial charge >= 0.3 is 0 Å². The van der Waals surface area contributed by atoms with E-state index in [4.69, 9.17) is 0 Å². The smallest absolute Gasteiger partial charge is 0.250 e. The lowest BCUT2D eigenvalue weighted by Gasteiger charge is -2.06. The minimum atomic E-state index is -3.32. The van der Waals surface area contributed by atoms with E-state index in [1.54, 1.807) is 6.07 Å². The van der Waals surface area contributed by atoms with Crippen molar-refractivity contribution in [3.05, 3.63) is 17.0 Å². The van der Waals surface area contributed by atoms with Gasteiger partial charge in [0.05, 0.1) is 0 Å². The molecule has 1 aromatic heterocycles. The molecular weight excluding hydrogens is 304 g/mol. The van der Waals surface area contributed by atoms with Gasteiger partial charge in [0.25, 0.3) is 0 Å². The SMILES string of the molecule is CC(C)CCCCNS(=O)(=O)c1ccc(CNC2CC2)s1. The Kier molecular flexibility index (Phi) is 6.22. The van der Waals surface area contributed by atoms with Crippen LogP contribution in [0.25, 0.3) is 0 Å². The highest BCUT2D eigenvalue weighted by molar-refractivity contribution is 7.91. The number of thiophene rings is 1. The average Bonchev–Trinajstić information content (AvgIpc) is 3.11. The molecule has 2 N–H and O–H groups in total. The molecule has 0 bridgehead atoms. The molecule has 0 aliphatic heterocycles. The fraction of sp³-hybridized carbons (Fsp3) is 0.733. The third kappa shape index (κ3) is 6.06. The Bertz CT molecular complexity index is 534. The third-order valence-electron chi connectivity index (χ3n) is 3.54. The average molecular weight is 331 g/mol. The molecule has 0 unspecified atom stereocenters. The van der Waals surface area contributed by atoms with Crippen LogP contribution < -0.4 is 10.0 Å². The maximum Gasteiger partial charge on any atom is 0.250 e. The molecule has 0 amide bonds. The number of unbranched alkanes of at least 4 members (excludes halogenated alkanes) is 1. The lowest BCUT2D eigenvalue weighted by Crippen LogP contribution is -2.24. The summed E-state index contributed by atoms with van der Waals surface area (Å²) in [6.07, 6.45) is 5.61. The first kappa shape index (κ1) is 16.9. The molecule has 0 spiro atoms. The van der Waals surface area contributed by atoms with Crippen molar-refractivity contribution in [1.82, 2.24) is 10.0 Å². The van der Waals surface area contributed by atoms with Gasteiger partial charge < -0.3 is 5.32 Å². The highest BCUT2D eigenvalue weighted by Crippen LogP contribution is 2.24. The van der Waals surface area contributed by atoms with Crippen molar-refractivity contribution < 1.29 is 8.42 Å². The second-order valence-electron chi connectivity index (χ2n) is 6.16. The molecule has 1 heterocycles. The molecule has 1 fully saturated rings. The first-order chi connectivity index (χ1) is 9.97. The van der Waals surface area contributed by atoms with Gasteiger partial charge in [-0.2, -0.15) is 0 Å². The molecule has 21 heavy (non-hydrogen) atoms. The van der Waals surface area contributed by atoms with Crippen LogP contribution in [0.1, 0.15) is 50.8 Å². The Hall–Kier alpha value is -0.430. The van der Waals surface area contributed by atoms with Gasteiger partial charge in [0, 0.05) is 24.0 Å². The van der Waals surface area contributed by atoms with Gasteiger partial charge in [0.2, 0.25) is 10.0 Å². The van der Waals surface area contributed by atoms with Crippen molar-refractivity contribution in [2.24, 2.45) is 5.92 Å². The molecule has 0 radical (unpaired) electrons. The van der Waals surface area contributed by atoms with Crippen LogP contribution in [0.4, 0.5) is 0 Å². The van der Waals surface area contributed by atoms with Crippen molar-refractivity contribution in [2.45, 2.75) is 62.7 Å². The maximum absolute atomic E-state index is 12.2. The second-order valence-corrected chi connectivity index (χ2v) is 9.33. The zero-order chi connectivity index (χ0) is 15.3. The van der Waals surface area contributed by atoms with Gasteiger partial charge in [-0.1, -0.05) is 26.7 Å². The standard InChI is InChI=1S/C15H26N2O2S2/c1-12(2)5-3-4-10-17-21(18,19)15-9-8-14(20-15)11-16-13-6-7-13/h8-9,12-13,16-17H,3-7,10-11H2,1-2H3. The molecule has 120 valence electrons. The van der Waals surface area contributed by atoms with Crippen LogP contribution in [0.5, 0.6) is 0 Å². The van der Waals surface area contributed by atoms with E-state index in [2.05, 4.69) is 23.9 Å². The molecule has 2 rings (SSSR count). The first-order valence-electron chi connectivity index (χ1n) is 7.79. The lowest BCUT2D eigenvalue weighted by molar-refractivity contribution is 0.531. The van der Waals surface area contributed by atoms with E-state index < -0.39 is 10.0 Å². The Labute approximate surface area is 132 Å². The molecule has 6 heteroatoms. The van der Waals surface area contributed by atoms with Gasteiger partial charge in [-0.05, 0) is 37.3 Å². The van der Waals surface area contributed by atoms with Crippen molar-refractivity contribution >= 4 is 21.4 Å². The fourth-order valence-corrected chi connectivity index (χ4v) is 4.51. The Morgan fingerprint density at radius 1 is 1.29 bits per heavy atom. The molecule has 4 nitrogen and oxygen atoms in total. The van der Waals surface area contributed by atoms with E-state index in [0.717, 1.165) is 30.7 Å². The molecule has 0 saturated heterocycles. The molecule has 1 aliphatic carbocycles. The normalized spacial score (nSPS) is 15.8. The van der Waals surface area contributed by atoms with E-state index in [1.807, 2.05) is 6.07 Å². The van der Waals surface area contributed by atoms with Gasteiger partial charge in [-0.3, -0.25) is 0 Å². The van der Waals surface area contributed by atoms with Gasteiger partial charge in [-0.15, -0.1) is 11.3 Å². The van der Waals surface area contributed by atoms with Gasteiger partial charge in [-0.25, -0.2) is 13.1 Å². The molecule has 0 aromatic carbocycles. The molecule has 0 atom stereocenters. The summed E-state index contributed by atoms with van der Waals surface area (Å²) >= 11 is 1.37. The maximum atomic E-state index is 12.2.